The number of nitro groups is 1. The molecule has 0 amide bonds. The van der Waals surface area contributed by atoms with E-state index in [1.165, 1.54) is 19.1 Å². The summed E-state index contributed by atoms with van der Waals surface area (Å²) in [5, 5.41) is 10.8. The molecule has 0 aliphatic rings. The highest BCUT2D eigenvalue weighted by atomic mass is 79.9. The zero-order valence-corrected chi connectivity index (χ0v) is 14.0. The fourth-order valence-corrected chi connectivity index (χ4v) is 2.56. The van der Waals surface area contributed by atoms with Crippen LogP contribution in [0.5, 0.6) is 11.5 Å². The minimum atomic E-state index is -0.495. The number of hydrogen-bond donors (Lipinski definition) is 0. The number of benzene rings is 2. The van der Waals surface area contributed by atoms with Gasteiger partial charge in [-0.05, 0) is 47.1 Å². The first-order chi connectivity index (χ1) is 9.86. The molecular weight excluding hydrogens is 406 g/mol. The Bertz CT molecular complexity index is 731. The van der Waals surface area contributed by atoms with E-state index >= 15 is 0 Å². The van der Waals surface area contributed by atoms with E-state index in [1.54, 1.807) is 24.3 Å². The molecule has 5 nitrogen and oxygen atoms in total. The Labute approximate surface area is 137 Å². The maximum Gasteiger partial charge on any atom is 0.274 e. The predicted octanol–water partition coefficient (Wildman–Crippen LogP) is 5.11. The summed E-state index contributed by atoms with van der Waals surface area (Å²) in [5.74, 6) is 0.736. The van der Waals surface area contributed by atoms with Crippen molar-refractivity contribution in [1.29, 1.82) is 0 Å². The van der Waals surface area contributed by atoms with Crippen LogP contribution < -0.4 is 4.74 Å². The molecule has 0 heterocycles. The van der Waals surface area contributed by atoms with Crippen LogP contribution in [0.2, 0.25) is 0 Å². The van der Waals surface area contributed by atoms with Gasteiger partial charge in [0.25, 0.3) is 5.69 Å². The Balaban J connectivity index is 2.34. The second kappa shape index (κ2) is 6.36. The molecule has 0 saturated carbocycles. The monoisotopic (exact) mass is 413 g/mol. The van der Waals surface area contributed by atoms with Crippen LogP contribution in [0.15, 0.2) is 45.3 Å². The largest absolute Gasteiger partial charge is 0.456 e. The van der Waals surface area contributed by atoms with E-state index in [0.29, 0.717) is 26.0 Å². The number of Topliss-reactive ketones (excluding diaryl/α,β-unsaturated/α-hetero) is 1. The summed E-state index contributed by atoms with van der Waals surface area (Å²) in [6, 6.07) is 9.25. The van der Waals surface area contributed by atoms with Gasteiger partial charge in [-0.2, -0.15) is 0 Å². The average Bonchev–Trinajstić information content (AvgIpc) is 2.40. The molecule has 0 aliphatic heterocycles. The van der Waals surface area contributed by atoms with Crippen LogP contribution in [0.3, 0.4) is 0 Å². The molecule has 0 radical (unpaired) electrons. The molecule has 0 aliphatic carbocycles. The fraction of sp³-hybridized carbons (Fsp3) is 0.0714. The number of nitro benzene ring substituents is 1. The number of nitrogens with zero attached hydrogens (tertiary/aromatic N) is 1. The third kappa shape index (κ3) is 3.89. The van der Waals surface area contributed by atoms with Crippen molar-refractivity contribution in [3.05, 3.63) is 61.0 Å². The first kappa shape index (κ1) is 15.7. The standard InChI is InChI=1S/C14H9Br2NO4/c1-8(18)9-2-3-14(13(16)4-9)21-12-6-10(15)5-11(7-12)17(19)20/h2-7H,1H3. The van der Waals surface area contributed by atoms with Crippen molar-refractivity contribution in [2.75, 3.05) is 0 Å². The minimum Gasteiger partial charge on any atom is -0.456 e. The molecule has 0 saturated heterocycles. The van der Waals surface area contributed by atoms with Gasteiger partial charge in [0.05, 0.1) is 15.5 Å². The molecule has 21 heavy (non-hydrogen) atoms. The van der Waals surface area contributed by atoms with Crippen molar-refractivity contribution < 1.29 is 14.5 Å². The van der Waals surface area contributed by atoms with E-state index in [9.17, 15) is 14.9 Å². The third-order valence-corrected chi connectivity index (χ3v) is 3.71. The van der Waals surface area contributed by atoms with Gasteiger partial charge in [0.2, 0.25) is 0 Å². The van der Waals surface area contributed by atoms with Crippen molar-refractivity contribution in [3.63, 3.8) is 0 Å². The Kier molecular flexibility index (Phi) is 4.74. The molecule has 2 aromatic carbocycles. The van der Waals surface area contributed by atoms with Gasteiger partial charge in [0.15, 0.2) is 5.78 Å². The molecule has 108 valence electrons. The number of hydrogen-bond acceptors (Lipinski definition) is 4. The van der Waals surface area contributed by atoms with Crippen LogP contribution in [0.25, 0.3) is 0 Å². The lowest BCUT2D eigenvalue weighted by atomic mass is 10.1. The van der Waals surface area contributed by atoms with E-state index in [2.05, 4.69) is 31.9 Å². The lowest BCUT2D eigenvalue weighted by molar-refractivity contribution is -0.385. The zero-order chi connectivity index (χ0) is 15.6. The fourth-order valence-electron chi connectivity index (χ4n) is 1.64. The number of carbonyl (C=O) groups excluding carboxylic acids is 1. The number of carbonyl (C=O) groups is 1. The SMILES string of the molecule is CC(=O)c1ccc(Oc2cc(Br)cc([N+](=O)[O-])c2)c(Br)c1. The molecule has 2 rings (SSSR count). The topological polar surface area (TPSA) is 69.4 Å². The maximum atomic E-state index is 11.3. The van der Waals surface area contributed by atoms with Crippen molar-refractivity contribution in [2.24, 2.45) is 0 Å². The highest BCUT2D eigenvalue weighted by molar-refractivity contribution is 9.10. The highest BCUT2D eigenvalue weighted by Gasteiger charge is 2.12. The Morgan fingerprint density at radius 1 is 1.19 bits per heavy atom. The second-order valence-corrected chi connectivity index (χ2v) is 5.98. The van der Waals surface area contributed by atoms with E-state index in [4.69, 9.17) is 4.74 Å². The van der Waals surface area contributed by atoms with E-state index in [0.717, 1.165) is 0 Å². The van der Waals surface area contributed by atoms with Gasteiger partial charge < -0.3 is 4.74 Å². The summed E-state index contributed by atoms with van der Waals surface area (Å²) in [5.41, 5.74) is 0.477. The summed E-state index contributed by atoms with van der Waals surface area (Å²) < 4.78 is 6.76. The summed E-state index contributed by atoms with van der Waals surface area (Å²) >= 11 is 6.52. The number of rotatable bonds is 4. The van der Waals surface area contributed by atoms with Crippen LogP contribution in [0, 0.1) is 10.1 Å². The van der Waals surface area contributed by atoms with Crippen molar-refractivity contribution in [1.82, 2.24) is 0 Å². The van der Waals surface area contributed by atoms with Gasteiger partial charge in [-0.3, -0.25) is 14.9 Å². The van der Waals surface area contributed by atoms with Crippen LogP contribution in [-0.2, 0) is 0 Å². The van der Waals surface area contributed by atoms with Gasteiger partial charge in [-0.25, -0.2) is 0 Å². The van der Waals surface area contributed by atoms with Crippen LogP contribution in [-0.4, -0.2) is 10.7 Å². The molecule has 0 fully saturated rings. The van der Waals surface area contributed by atoms with Crippen LogP contribution in [0.1, 0.15) is 17.3 Å². The molecule has 0 N–H and O–H groups in total. The number of ketones is 1. The minimum absolute atomic E-state index is 0.0552. The number of halogens is 2. The zero-order valence-electron chi connectivity index (χ0n) is 10.8. The number of non-ortho nitro benzene ring substituents is 1. The van der Waals surface area contributed by atoms with E-state index < -0.39 is 4.92 Å². The molecule has 0 unspecified atom stereocenters. The summed E-state index contributed by atoms with van der Waals surface area (Å²) in [7, 11) is 0. The van der Waals surface area contributed by atoms with Gasteiger partial charge >= 0.3 is 0 Å². The Hall–Kier alpha value is -1.73. The van der Waals surface area contributed by atoms with Crippen molar-refractivity contribution in [3.8, 4) is 11.5 Å². The quantitative estimate of drug-likeness (QED) is 0.395. The van der Waals surface area contributed by atoms with Crippen molar-refractivity contribution in [2.45, 2.75) is 6.92 Å². The van der Waals surface area contributed by atoms with E-state index in [-0.39, 0.29) is 11.5 Å². The average molecular weight is 415 g/mol. The van der Waals surface area contributed by atoms with Gasteiger partial charge in [0, 0.05) is 16.1 Å². The van der Waals surface area contributed by atoms with E-state index in [1.807, 2.05) is 0 Å². The summed E-state index contributed by atoms with van der Waals surface area (Å²) in [6.45, 7) is 1.47. The highest BCUT2D eigenvalue weighted by Crippen LogP contribution is 2.34. The molecule has 0 atom stereocenters. The molecule has 7 heteroatoms. The summed E-state index contributed by atoms with van der Waals surface area (Å²) in [6.07, 6.45) is 0. The van der Waals surface area contributed by atoms with Gasteiger partial charge in [-0.1, -0.05) is 15.9 Å². The normalized spacial score (nSPS) is 10.2. The maximum absolute atomic E-state index is 11.3. The van der Waals surface area contributed by atoms with Gasteiger partial charge in [-0.15, -0.1) is 0 Å². The molecular formula is C14H9Br2NO4. The van der Waals surface area contributed by atoms with Crippen molar-refractivity contribution >= 4 is 43.3 Å². The van der Waals surface area contributed by atoms with Crippen LogP contribution >= 0.6 is 31.9 Å². The molecule has 0 aromatic heterocycles. The second-order valence-electron chi connectivity index (χ2n) is 4.21. The first-order valence-corrected chi connectivity index (χ1v) is 7.39. The molecule has 2 aromatic rings. The lowest BCUT2D eigenvalue weighted by Crippen LogP contribution is -1.94. The lowest BCUT2D eigenvalue weighted by Gasteiger charge is -2.09. The first-order valence-electron chi connectivity index (χ1n) is 5.80. The Morgan fingerprint density at radius 3 is 2.48 bits per heavy atom. The number of ether oxygens (including phenoxy) is 1. The third-order valence-electron chi connectivity index (χ3n) is 2.63. The smallest absolute Gasteiger partial charge is 0.274 e. The molecule has 0 bridgehead atoms. The Morgan fingerprint density at radius 2 is 1.90 bits per heavy atom. The van der Waals surface area contributed by atoms with Gasteiger partial charge in [0.1, 0.15) is 11.5 Å². The molecule has 0 spiro atoms. The van der Waals surface area contributed by atoms with Crippen LogP contribution in [0.4, 0.5) is 5.69 Å². The predicted molar refractivity (Wildman–Crippen MR) is 85.0 cm³/mol. The summed E-state index contributed by atoms with van der Waals surface area (Å²) in [4.78, 5) is 21.6.